The standard InChI is InChI=1S/C17H12ClN3O2S/c18-12-3-1-11(2-4-12)10-21-13-5-7-23-15(13)9-14(21)16(22)20-17-19-6-8-24-17/h1-9H,10H2,(H,19,20,22). The van der Waals surface area contributed by atoms with E-state index in [2.05, 4.69) is 10.3 Å². The first-order valence-electron chi connectivity index (χ1n) is 7.23. The van der Waals surface area contributed by atoms with E-state index in [1.807, 2.05) is 40.3 Å². The number of fused-ring (bicyclic) bond motifs is 1. The number of hydrogen-bond acceptors (Lipinski definition) is 4. The monoisotopic (exact) mass is 357 g/mol. The Labute approximate surface area is 146 Å². The fourth-order valence-electron chi connectivity index (χ4n) is 2.55. The average Bonchev–Trinajstić information content (AvgIpc) is 3.28. The van der Waals surface area contributed by atoms with E-state index in [1.165, 1.54) is 11.3 Å². The SMILES string of the molecule is O=C(Nc1nccs1)c1cc2occc2n1Cc1ccc(Cl)cc1. The van der Waals surface area contributed by atoms with Gasteiger partial charge >= 0.3 is 0 Å². The van der Waals surface area contributed by atoms with Gasteiger partial charge in [0.1, 0.15) is 5.69 Å². The Morgan fingerprint density at radius 1 is 1.29 bits per heavy atom. The number of rotatable bonds is 4. The molecule has 0 unspecified atom stereocenters. The number of nitrogens with zero attached hydrogens (tertiary/aromatic N) is 2. The molecule has 0 atom stereocenters. The average molecular weight is 358 g/mol. The van der Waals surface area contributed by atoms with Gasteiger partial charge in [-0.2, -0.15) is 0 Å². The van der Waals surface area contributed by atoms with E-state index in [0.29, 0.717) is 28.0 Å². The molecule has 1 amide bonds. The van der Waals surface area contributed by atoms with Gasteiger partial charge in [0.15, 0.2) is 10.7 Å². The summed E-state index contributed by atoms with van der Waals surface area (Å²) in [6, 6.07) is 11.2. The Hall–Kier alpha value is -2.57. The van der Waals surface area contributed by atoms with Crippen molar-refractivity contribution in [3.05, 3.63) is 70.5 Å². The van der Waals surface area contributed by atoms with Crippen LogP contribution in [-0.4, -0.2) is 15.5 Å². The van der Waals surface area contributed by atoms with Crippen LogP contribution in [0.3, 0.4) is 0 Å². The summed E-state index contributed by atoms with van der Waals surface area (Å²) in [7, 11) is 0. The number of furan rings is 1. The first-order valence-corrected chi connectivity index (χ1v) is 8.48. The molecule has 0 aliphatic heterocycles. The minimum atomic E-state index is -0.217. The third-order valence-corrected chi connectivity index (χ3v) is 4.60. The predicted molar refractivity (Wildman–Crippen MR) is 94.8 cm³/mol. The Balaban J connectivity index is 1.71. The van der Waals surface area contributed by atoms with Crippen LogP contribution in [0.1, 0.15) is 16.1 Å². The van der Waals surface area contributed by atoms with Gasteiger partial charge in [-0.15, -0.1) is 11.3 Å². The zero-order valence-corrected chi connectivity index (χ0v) is 14.0. The molecule has 0 radical (unpaired) electrons. The van der Waals surface area contributed by atoms with Crippen molar-refractivity contribution in [1.29, 1.82) is 0 Å². The van der Waals surface area contributed by atoms with E-state index >= 15 is 0 Å². The topological polar surface area (TPSA) is 60.1 Å². The predicted octanol–water partition coefficient (Wildman–Crippen LogP) is 4.64. The van der Waals surface area contributed by atoms with Crippen LogP contribution in [0, 0.1) is 0 Å². The molecule has 24 heavy (non-hydrogen) atoms. The van der Waals surface area contributed by atoms with Crippen molar-refractivity contribution in [3.8, 4) is 0 Å². The number of nitrogens with one attached hydrogen (secondary N) is 1. The zero-order chi connectivity index (χ0) is 16.5. The Bertz CT molecular complexity index is 987. The summed E-state index contributed by atoms with van der Waals surface area (Å²) >= 11 is 7.32. The van der Waals surface area contributed by atoms with Gasteiger partial charge in [0.2, 0.25) is 0 Å². The molecule has 5 nitrogen and oxygen atoms in total. The summed E-state index contributed by atoms with van der Waals surface area (Å²) in [5.74, 6) is -0.217. The van der Waals surface area contributed by atoms with Gasteiger partial charge in [0, 0.05) is 35.3 Å². The third kappa shape index (κ3) is 2.81. The van der Waals surface area contributed by atoms with Crippen molar-refractivity contribution < 1.29 is 9.21 Å². The van der Waals surface area contributed by atoms with Crippen LogP contribution in [0.5, 0.6) is 0 Å². The van der Waals surface area contributed by atoms with Gasteiger partial charge < -0.3 is 8.98 Å². The number of aromatic nitrogens is 2. The van der Waals surface area contributed by atoms with Crippen LogP contribution in [-0.2, 0) is 6.54 Å². The maximum absolute atomic E-state index is 12.6. The highest BCUT2D eigenvalue weighted by molar-refractivity contribution is 7.13. The van der Waals surface area contributed by atoms with Gasteiger partial charge in [0.25, 0.3) is 5.91 Å². The molecule has 3 aromatic heterocycles. The minimum Gasteiger partial charge on any atom is -0.463 e. The van der Waals surface area contributed by atoms with Crippen LogP contribution in [0.2, 0.25) is 5.02 Å². The molecule has 0 saturated carbocycles. The van der Waals surface area contributed by atoms with E-state index in [9.17, 15) is 4.79 Å². The molecule has 0 aliphatic rings. The number of thiazole rings is 1. The molecule has 1 N–H and O–H groups in total. The molecule has 0 bridgehead atoms. The van der Waals surface area contributed by atoms with Crippen molar-refractivity contribution in [2.45, 2.75) is 6.54 Å². The van der Waals surface area contributed by atoms with Gasteiger partial charge in [-0.1, -0.05) is 23.7 Å². The van der Waals surface area contributed by atoms with Gasteiger partial charge in [-0.3, -0.25) is 10.1 Å². The number of benzene rings is 1. The maximum Gasteiger partial charge on any atom is 0.274 e. The summed E-state index contributed by atoms with van der Waals surface area (Å²) in [5.41, 5.74) is 3.11. The van der Waals surface area contributed by atoms with Gasteiger partial charge in [-0.25, -0.2) is 4.98 Å². The number of hydrogen-bond donors (Lipinski definition) is 1. The highest BCUT2D eigenvalue weighted by Gasteiger charge is 2.18. The Morgan fingerprint density at radius 2 is 2.12 bits per heavy atom. The van der Waals surface area contributed by atoms with E-state index < -0.39 is 0 Å². The first kappa shape index (κ1) is 15.0. The quantitative estimate of drug-likeness (QED) is 0.578. The molecular weight excluding hydrogens is 346 g/mol. The zero-order valence-electron chi connectivity index (χ0n) is 12.4. The lowest BCUT2D eigenvalue weighted by atomic mass is 10.2. The maximum atomic E-state index is 12.6. The molecule has 7 heteroatoms. The molecule has 0 spiro atoms. The summed E-state index contributed by atoms with van der Waals surface area (Å²) in [6.07, 6.45) is 3.27. The summed E-state index contributed by atoms with van der Waals surface area (Å²) in [6.45, 7) is 0.542. The lowest BCUT2D eigenvalue weighted by molar-refractivity contribution is 0.101. The van der Waals surface area contributed by atoms with Crippen LogP contribution >= 0.6 is 22.9 Å². The van der Waals surface area contributed by atoms with Crippen LogP contribution in [0.15, 0.2) is 58.7 Å². The largest absolute Gasteiger partial charge is 0.463 e. The smallest absolute Gasteiger partial charge is 0.274 e. The Kier molecular flexibility index (Phi) is 3.84. The molecule has 3 heterocycles. The number of carbonyl (C=O) groups is 1. The highest BCUT2D eigenvalue weighted by atomic mass is 35.5. The number of halogens is 1. The molecule has 4 rings (SSSR count). The Morgan fingerprint density at radius 3 is 2.88 bits per heavy atom. The third-order valence-electron chi connectivity index (χ3n) is 3.66. The highest BCUT2D eigenvalue weighted by Crippen LogP contribution is 2.24. The second kappa shape index (κ2) is 6.14. The lowest BCUT2D eigenvalue weighted by Crippen LogP contribution is -2.17. The van der Waals surface area contributed by atoms with Crippen molar-refractivity contribution in [2.75, 3.05) is 5.32 Å². The minimum absolute atomic E-state index is 0.217. The van der Waals surface area contributed by atoms with E-state index in [-0.39, 0.29) is 5.91 Å². The fourth-order valence-corrected chi connectivity index (χ4v) is 3.20. The normalized spacial score (nSPS) is 11.0. The van der Waals surface area contributed by atoms with E-state index in [1.54, 1.807) is 18.5 Å². The fraction of sp³-hybridized carbons (Fsp3) is 0.0588. The second-order valence-electron chi connectivity index (χ2n) is 5.20. The summed E-state index contributed by atoms with van der Waals surface area (Å²) in [5, 5.41) is 5.87. The van der Waals surface area contributed by atoms with Crippen molar-refractivity contribution >= 4 is 45.1 Å². The molecular formula is C17H12ClN3O2S. The molecule has 0 fully saturated rings. The number of amides is 1. The van der Waals surface area contributed by atoms with E-state index in [0.717, 1.165) is 11.1 Å². The molecule has 4 aromatic rings. The van der Waals surface area contributed by atoms with Crippen LogP contribution in [0.4, 0.5) is 5.13 Å². The second-order valence-corrected chi connectivity index (χ2v) is 6.53. The summed E-state index contributed by atoms with van der Waals surface area (Å²) < 4.78 is 7.37. The van der Waals surface area contributed by atoms with E-state index in [4.69, 9.17) is 16.0 Å². The summed E-state index contributed by atoms with van der Waals surface area (Å²) in [4.78, 5) is 16.7. The van der Waals surface area contributed by atoms with Crippen molar-refractivity contribution in [2.24, 2.45) is 0 Å². The number of anilines is 1. The van der Waals surface area contributed by atoms with Gasteiger partial charge in [-0.05, 0) is 17.7 Å². The van der Waals surface area contributed by atoms with Crippen molar-refractivity contribution in [1.82, 2.24) is 9.55 Å². The van der Waals surface area contributed by atoms with Gasteiger partial charge in [0.05, 0.1) is 11.8 Å². The lowest BCUT2D eigenvalue weighted by Gasteiger charge is -2.10. The van der Waals surface area contributed by atoms with Crippen LogP contribution in [0.25, 0.3) is 11.1 Å². The first-order chi connectivity index (χ1) is 11.7. The molecule has 0 aliphatic carbocycles. The van der Waals surface area contributed by atoms with Crippen LogP contribution < -0.4 is 5.32 Å². The van der Waals surface area contributed by atoms with Crippen molar-refractivity contribution in [3.63, 3.8) is 0 Å². The number of carbonyl (C=O) groups excluding carboxylic acids is 1. The molecule has 0 saturated heterocycles. The molecule has 120 valence electrons. The molecule has 1 aromatic carbocycles.